The number of carbonyl (C=O) groups is 2. The minimum absolute atomic E-state index is 0.0469. The monoisotopic (exact) mass is 487 g/mol. The number of piperidine rings is 1. The molecule has 6 rings (SSSR count). The molecule has 4 saturated carbocycles. The predicted octanol–water partition coefficient (Wildman–Crippen LogP) is 3.83. The Labute approximate surface area is 203 Å². The van der Waals surface area contributed by atoms with Crippen molar-refractivity contribution in [2.45, 2.75) is 76.0 Å². The van der Waals surface area contributed by atoms with Crippen LogP contribution in [0.1, 0.15) is 69.8 Å². The molecule has 1 aliphatic heterocycles. The first-order valence-corrected chi connectivity index (χ1v) is 14.3. The molecule has 4 aliphatic carbocycles. The van der Waals surface area contributed by atoms with Gasteiger partial charge >= 0.3 is 0 Å². The summed E-state index contributed by atoms with van der Waals surface area (Å²) in [6.07, 6.45) is 10.8. The van der Waals surface area contributed by atoms with Gasteiger partial charge in [-0.1, -0.05) is 12.5 Å². The van der Waals surface area contributed by atoms with E-state index in [2.05, 4.69) is 10.6 Å². The molecular weight excluding hydrogens is 450 g/mol. The summed E-state index contributed by atoms with van der Waals surface area (Å²) < 4.78 is 27.8. The van der Waals surface area contributed by atoms with Crippen LogP contribution in [0.15, 0.2) is 23.1 Å². The van der Waals surface area contributed by atoms with Crippen LogP contribution < -0.4 is 10.6 Å². The molecule has 4 bridgehead atoms. The van der Waals surface area contributed by atoms with Gasteiger partial charge in [-0.3, -0.25) is 9.59 Å². The lowest BCUT2D eigenvalue weighted by molar-refractivity contribution is -0.131. The molecule has 7 nitrogen and oxygen atoms in total. The Hall–Kier alpha value is -1.93. The van der Waals surface area contributed by atoms with Crippen molar-refractivity contribution in [2.24, 2.45) is 23.2 Å². The van der Waals surface area contributed by atoms with E-state index >= 15 is 0 Å². The Morgan fingerprint density at radius 3 is 2.21 bits per heavy atom. The molecule has 0 aromatic heterocycles. The van der Waals surface area contributed by atoms with Crippen LogP contribution in [0.5, 0.6) is 0 Å². The zero-order valence-electron chi connectivity index (χ0n) is 20.1. The average molecular weight is 488 g/mol. The fraction of sp³-hybridized carbons (Fsp3) is 0.692. The zero-order chi connectivity index (χ0) is 23.9. The molecule has 5 fully saturated rings. The number of hydrogen-bond donors (Lipinski definition) is 2. The lowest BCUT2D eigenvalue weighted by Crippen LogP contribution is -2.48. The van der Waals surface area contributed by atoms with Crippen molar-refractivity contribution in [1.82, 2.24) is 9.62 Å². The van der Waals surface area contributed by atoms with Crippen LogP contribution in [0.3, 0.4) is 0 Å². The Kier molecular flexibility index (Phi) is 6.48. The number of carbonyl (C=O) groups excluding carboxylic acids is 2. The third-order valence-corrected chi connectivity index (χ3v) is 10.6. The predicted molar refractivity (Wildman–Crippen MR) is 131 cm³/mol. The molecule has 1 heterocycles. The fourth-order valence-corrected chi connectivity index (χ4v) is 9.26. The van der Waals surface area contributed by atoms with Crippen LogP contribution in [0.4, 0.5) is 5.69 Å². The number of hydrogen-bond acceptors (Lipinski definition) is 4. The average Bonchev–Trinajstić information content (AvgIpc) is 2.78. The second-order valence-corrected chi connectivity index (χ2v) is 13.3. The van der Waals surface area contributed by atoms with Gasteiger partial charge in [-0.25, -0.2) is 8.42 Å². The van der Waals surface area contributed by atoms with Gasteiger partial charge in [0, 0.05) is 25.2 Å². The van der Waals surface area contributed by atoms with E-state index in [0.717, 1.165) is 56.3 Å². The van der Waals surface area contributed by atoms with Crippen molar-refractivity contribution >= 4 is 27.5 Å². The SMILES string of the molecule is Cc1ccc(NC(=O)CNC(=O)CC23CC4CC(CC(C4)C2)C3)cc1S(=O)(=O)N1CCCCC1. The molecular formula is C26H37N3O4S. The third kappa shape index (κ3) is 4.89. The topological polar surface area (TPSA) is 95.6 Å². The zero-order valence-corrected chi connectivity index (χ0v) is 21.0. The summed E-state index contributed by atoms with van der Waals surface area (Å²) in [5, 5.41) is 5.57. The molecule has 0 atom stereocenters. The lowest BCUT2D eigenvalue weighted by Gasteiger charge is -2.56. The van der Waals surface area contributed by atoms with Gasteiger partial charge in [0.2, 0.25) is 21.8 Å². The fourth-order valence-electron chi connectivity index (χ4n) is 7.49. The number of aryl methyl sites for hydroxylation is 1. The molecule has 8 heteroatoms. The maximum absolute atomic E-state index is 13.1. The van der Waals surface area contributed by atoms with Gasteiger partial charge in [-0.05, 0) is 99.2 Å². The van der Waals surface area contributed by atoms with Gasteiger partial charge in [0.05, 0.1) is 11.4 Å². The third-order valence-electron chi connectivity index (χ3n) is 8.55. The van der Waals surface area contributed by atoms with E-state index in [-0.39, 0.29) is 28.7 Å². The van der Waals surface area contributed by atoms with Crippen molar-refractivity contribution in [3.63, 3.8) is 0 Å². The van der Waals surface area contributed by atoms with Crippen molar-refractivity contribution < 1.29 is 18.0 Å². The smallest absolute Gasteiger partial charge is 0.243 e. The summed E-state index contributed by atoms with van der Waals surface area (Å²) in [5.41, 5.74) is 1.23. The number of nitrogens with one attached hydrogen (secondary N) is 2. The van der Waals surface area contributed by atoms with E-state index in [1.54, 1.807) is 19.1 Å². The van der Waals surface area contributed by atoms with Crippen molar-refractivity contribution in [2.75, 3.05) is 25.0 Å². The quantitative estimate of drug-likeness (QED) is 0.611. The first-order valence-electron chi connectivity index (χ1n) is 12.9. The second-order valence-electron chi connectivity index (χ2n) is 11.4. The Balaban J connectivity index is 1.17. The van der Waals surface area contributed by atoms with Gasteiger partial charge < -0.3 is 10.6 Å². The van der Waals surface area contributed by atoms with E-state index in [1.165, 1.54) is 29.6 Å². The molecule has 0 unspecified atom stereocenters. The number of rotatable bonds is 7. The van der Waals surface area contributed by atoms with Crippen molar-refractivity contribution in [1.29, 1.82) is 0 Å². The summed E-state index contributed by atoms with van der Waals surface area (Å²) in [4.78, 5) is 25.5. The number of nitrogens with zero attached hydrogens (tertiary/aromatic N) is 1. The highest BCUT2D eigenvalue weighted by molar-refractivity contribution is 7.89. The highest BCUT2D eigenvalue weighted by Gasteiger charge is 2.51. The van der Waals surface area contributed by atoms with Gasteiger partial charge in [-0.2, -0.15) is 4.31 Å². The van der Waals surface area contributed by atoms with E-state index in [9.17, 15) is 18.0 Å². The molecule has 0 spiro atoms. The number of sulfonamides is 1. The molecule has 186 valence electrons. The van der Waals surface area contributed by atoms with E-state index in [1.807, 2.05) is 0 Å². The molecule has 34 heavy (non-hydrogen) atoms. The maximum Gasteiger partial charge on any atom is 0.243 e. The van der Waals surface area contributed by atoms with Crippen LogP contribution in [0, 0.1) is 30.1 Å². The van der Waals surface area contributed by atoms with Crippen LogP contribution in [-0.2, 0) is 19.6 Å². The normalized spacial score (nSPS) is 30.8. The highest BCUT2D eigenvalue weighted by Crippen LogP contribution is 2.61. The summed E-state index contributed by atoms with van der Waals surface area (Å²) >= 11 is 0. The molecule has 1 saturated heterocycles. The summed E-state index contributed by atoms with van der Waals surface area (Å²) in [6, 6.07) is 4.96. The van der Waals surface area contributed by atoms with Gasteiger partial charge in [0.15, 0.2) is 0 Å². The molecule has 2 amide bonds. The number of benzene rings is 1. The van der Waals surface area contributed by atoms with Gasteiger partial charge in [0.1, 0.15) is 0 Å². The summed E-state index contributed by atoms with van der Waals surface area (Å²) in [5.74, 6) is 1.98. The van der Waals surface area contributed by atoms with Gasteiger partial charge in [-0.15, -0.1) is 0 Å². The maximum atomic E-state index is 13.1. The highest BCUT2D eigenvalue weighted by atomic mass is 32.2. The minimum Gasteiger partial charge on any atom is -0.347 e. The summed E-state index contributed by atoms with van der Waals surface area (Å²) in [7, 11) is -3.59. The second kappa shape index (κ2) is 9.26. The Morgan fingerprint density at radius 2 is 1.59 bits per heavy atom. The number of amides is 2. The van der Waals surface area contributed by atoms with Crippen molar-refractivity contribution in [3.8, 4) is 0 Å². The first-order chi connectivity index (χ1) is 16.2. The Bertz CT molecular complexity index is 1030. The molecule has 1 aromatic carbocycles. The largest absolute Gasteiger partial charge is 0.347 e. The summed E-state index contributed by atoms with van der Waals surface area (Å²) in [6.45, 7) is 2.74. The standard InChI is InChI=1S/C26H37N3O4S/c1-18-5-6-22(12-23(18)34(32,33)29-7-3-2-4-8-29)28-25(31)17-27-24(30)16-26-13-19-9-20(14-26)11-21(10-19)15-26/h5-6,12,19-21H,2-4,7-11,13-17H2,1H3,(H,27,30)(H,28,31). The lowest BCUT2D eigenvalue weighted by atomic mass is 9.49. The molecule has 0 radical (unpaired) electrons. The van der Waals surface area contributed by atoms with E-state index in [4.69, 9.17) is 0 Å². The van der Waals surface area contributed by atoms with Crippen LogP contribution in [0.25, 0.3) is 0 Å². The van der Waals surface area contributed by atoms with Crippen LogP contribution >= 0.6 is 0 Å². The van der Waals surface area contributed by atoms with E-state index < -0.39 is 10.0 Å². The Morgan fingerprint density at radius 1 is 0.971 bits per heavy atom. The first kappa shape index (κ1) is 23.8. The van der Waals surface area contributed by atoms with Crippen LogP contribution in [0.2, 0.25) is 0 Å². The molecule has 1 aromatic rings. The number of anilines is 1. The van der Waals surface area contributed by atoms with Crippen LogP contribution in [-0.4, -0.2) is 44.2 Å². The van der Waals surface area contributed by atoms with Gasteiger partial charge in [0.25, 0.3) is 0 Å². The minimum atomic E-state index is -3.59. The van der Waals surface area contributed by atoms with E-state index in [0.29, 0.717) is 30.8 Å². The van der Waals surface area contributed by atoms with Crippen molar-refractivity contribution in [3.05, 3.63) is 23.8 Å². The molecule has 2 N–H and O–H groups in total. The molecule has 5 aliphatic rings.